The zero-order valence-corrected chi connectivity index (χ0v) is 17.4. The lowest BCUT2D eigenvalue weighted by molar-refractivity contribution is 0.122. The molecular formula is C24H20F2N4O2. The molecule has 4 aromatic rings. The maximum absolute atomic E-state index is 13.9. The molecule has 2 aromatic carbocycles. The molecule has 0 aliphatic carbocycles. The Bertz CT molecular complexity index is 1260. The standard InChI is InChI=1S/C24H20F2N4O2/c1-31-21-12-17(16-9-18(25)13-19(26)10-16)11-20-22(21)28-23(15-3-2-4-27-14-15)29-24(20)30-5-7-32-8-6-30/h2-4,9-14H,5-8H2,1H3. The second-order valence-electron chi connectivity index (χ2n) is 7.44. The number of hydrogen-bond donors (Lipinski definition) is 0. The number of hydrogen-bond acceptors (Lipinski definition) is 6. The third-order valence-electron chi connectivity index (χ3n) is 5.39. The van der Waals surface area contributed by atoms with Crippen molar-refractivity contribution in [3.8, 4) is 28.3 Å². The summed E-state index contributed by atoms with van der Waals surface area (Å²) in [5.41, 5.74) is 2.41. The monoisotopic (exact) mass is 434 g/mol. The molecule has 0 radical (unpaired) electrons. The number of rotatable bonds is 4. The lowest BCUT2D eigenvalue weighted by Crippen LogP contribution is -2.37. The summed E-state index contributed by atoms with van der Waals surface area (Å²) < 4.78 is 38.9. The van der Waals surface area contributed by atoms with Crippen LogP contribution in [0.3, 0.4) is 0 Å². The molecule has 3 heterocycles. The average Bonchev–Trinajstić information content (AvgIpc) is 2.83. The summed E-state index contributed by atoms with van der Waals surface area (Å²) in [7, 11) is 1.55. The molecule has 1 aliphatic rings. The normalized spacial score (nSPS) is 14.0. The van der Waals surface area contributed by atoms with Crippen molar-refractivity contribution >= 4 is 16.7 Å². The van der Waals surface area contributed by atoms with Crippen molar-refractivity contribution in [1.29, 1.82) is 0 Å². The summed E-state index contributed by atoms with van der Waals surface area (Å²) in [6, 6.07) is 10.8. The van der Waals surface area contributed by atoms with Gasteiger partial charge in [0.2, 0.25) is 0 Å². The number of nitrogens with zero attached hydrogens (tertiary/aromatic N) is 4. The fourth-order valence-corrected chi connectivity index (χ4v) is 3.87. The highest BCUT2D eigenvalue weighted by molar-refractivity contribution is 5.98. The number of fused-ring (bicyclic) bond motifs is 1. The molecule has 0 saturated carbocycles. The smallest absolute Gasteiger partial charge is 0.163 e. The topological polar surface area (TPSA) is 60.4 Å². The number of methoxy groups -OCH3 is 1. The van der Waals surface area contributed by atoms with Gasteiger partial charge in [0.1, 0.15) is 28.7 Å². The van der Waals surface area contributed by atoms with Crippen molar-refractivity contribution in [2.24, 2.45) is 0 Å². The second-order valence-corrected chi connectivity index (χ2v) is 7.44. The Labute approximate surface area is 183 Å². The molecule has 1 aliphatic heterocycles. The van der Waals surface area contributed by atoms with E-state index in [1.54, 1.807) is 25.6 Å². The Hall–Kier alpha value is -3.65. The van der Waals surface area contributed by atoms with Gasteiger partial charge in [0.15, 0.2) is 5.82 Å². The van der Waals surface area contributed by atoms with Crippen LogP contribution in [-0.4, -0.2) is 48.4 Å². The van der Waals surface area contributed by atoms with Crippen LogP contribution >= 0.6 is 0 Å². The summed E-state index contributed by atoms with van der Waals surface area (Å²) in [5.74, 6) is 0.444. The second kappa shape index (κ2) is 8.47. The Morgan fingerprint density at radius 3 is 2.38 bits per heavy atom. The van der Waals surface area contributed by atoms with Gasteiger partial charge in [0, 0.05) is 42.5 Å². The molecule has 1 saturated heterocycles. The van der Waals surface area contributed by atoms with Crippen LogP contribution in [-0.2, 0) is 4.74 Å². The number of morpholine rings is 1. The molecule has 162 valence electrons. The van der Waals surface area contributed by atoms with Crippen LogP contribution in [0.2, 0.25) is 0 Å². The molecule has 5 rings (SSSR count). The highest BCUT2D eigenvalue weighted by atomic mass is 19.1. The minimum Gasteiger partial charge on any atom is -0.494 e. The van der Waals surface area contributed by atoms with Gasteiger partial charge >= 0.3 is 0 Å². The van der Waals surface area contributed by atoms with E-state index in [9.17, 15) is 8.78 Å². The van der Waals surface area contributed by atoms with Gasteiger partial charge in [0.05, 0.1) is 20.3 Å². The molecule has 2 aromatic heterocycles. The highest BCUT2D eigenvalue weighted by Crippen LogP contribution is 2.37. The number of pyridine rings is 1. The van der Waals surface area contributed by atoms with Crippen LogP contribution in [0.5, 0.6) is 5.75 Å². The van der Waals surface area contributed by atoms with E-state index in [0.29, 0.717) is 60.3 Å². The van der Waals surface area contributed by atoms with Crippen LogP contribution in [0.1, 0.15) is 0 Å². The summed E-state index contributed by atoms with van der Waals surface area (Å²) in [5, 5.41) is 0.735. The van der Waals surface area contributed by atoms with Crippen molar-refractivity contribution in [2.45, 2.75) is 0 Å². The van der Waals surface area contributed by atoms with E-state index in [1.807, 2.05) is 18.2 Å². The minimum absolute atomic E-state index is 0.409. The number of halogens is 2. The number of ether oxygens (including phenoxy) is 2. The zero-order chi connectivity index (χ0) is 22.1. The molecule has 0 unspecified atom stereocenters. The molecule has 8 heteroatoms. The van der Waals surface area contributed by atoms with Gasteiger partial charge in [-0.05, 0) is 47.5 Å². The number of anilines is 1. The Morgan fingerprint density at radius 1 is 0.938 bits per heavy atom. The van der Waals surface area contributed by atoms with Gasteiger partial charge in [-0.3, -0.25) is 4.98 Å². The Balaban J connectivity index is 1.77. The van der Waals surface area contributed by atoms with Gasteiger partial charge in [-0.15, -0.1) is 0 Å². The molecule has 0 bridgehead atoms. The number of aromatic nitrogens is 3. The third-order valence-corrected chi connectivity index (χ3v) is 5.39. The van der Waals surface area contributed by atoms with Gasteiger partial charge in [-0.2, -0.15) is 0 Å². The van der Waals surface area contributed by atoms with Crippen molar-refractivity contribution in [3.63, 3.8) is 0 Å². The minimum atomic E-state index is -0.643. The lowest BCUT2D eigenvalue weighted by atomic mass is 10.0. The Morgan fingerprint density at radius 2 is 1.69 bits per heavy atom. The van der Waals surface area contributed by atoms with Crippen molar-refractivity contribution in [2.75, 3.05) is 38.3 Å². The zero-order valence-electron chi connectivity index (χ0n) is 17.4. The summed E-state index contributed by atoms with van der Waals surface area (Å²) in [6.45, 7) is 2.50. The van der Waals surface area contributed by atoms with Crippen LogP contribution in [0.4, 0.5) is 14.6 Å². The predicted molar refractivity (Wildman–Crippen MR) is 118 cm³/mol. The van der Waals surface area contributed by atoms with Crippen LogP contribution in [0.15, 0.2) is 54.9 Å². The van der Waals surface area contributed by atoms with Crippen molar-refractivity contribution in [1.82, 2.24) is 15.0 Å². The molecule has 0 atom stereocenters. The quantitative estimate of drug-likeness (QED) is 0.472. The fraction of sp³-hybridized carbons (Fsp3) is 0.208. The van der Waals surface area contributed by atoms with E-state index in [4.69, 9.17) is 19.4 Å². The largest absolute Gasteiger partial charge is 0.494 e. The summed E-state index contributed by atoms with van der Waals surface area (Å²) in [4.78, 5) is 15.9. The van der Waals surface area contributed by atoms with E-state index >= 15 is 0 Å². The van der Waals surface area contributed by atoms with E-state index in [-0.39, 0.29) is 0 Å². The maximum atomic E-state index is 13.9. The molecule has 6 nitrogen and oxygen atoms in total. The number of benzene rings is 2. The molecular weight excluding hydrogens is 414 g/mol. The van der Waals surface area contributed by atoms with Crippen molar-refractivity contribution in [3.05, 3.63) is 66.5 Å². The summed E-state index contributed by atoms with van der Waals surface area (Å²) >= 11 is 0. The molecule has 1 fully saturated rings. The maximum Gasteiger partial charge on any atom is 0.163 e. The molecule has 0 N–H and O–H groups in total. The van der Waals surface area contributed by atoms with Gasteiger partial charge in [-0.25, -0.2) is 18.7 Å². The first-order valence-electron chi connectivity index (χ1n) is 10.2. The van der Waals surface area contributed by atoms with Crippen LogP contribution in [0, 0.1) is 11.6 Å². The van der Waals surface area contributed by atoms with Gasteiger partial charge < -0.3 is 14.4 Å². The average molecular weight is 434 g/mol. The van der Waals surface area contributed by atoms with E-state index < -0.39 is 11.6 Å². The molecule has 0 spiro atoms. The third kappa shape index (κ3) is 3.85. The SMILES string of the molecule is COc1cc(-c2cc(F)cc(F)c2)cc2c(N3CCOCC3)nc(-c3cccnc3)nc12. The van der Waals surface area contributed by atoms with Crippen molar-refractivity contribution < 1.29 is 18.3 Å². The van der Waals surface area contributed by atoms with E-state index in [2.05, 4.69) is 9.88 Å². The fourth-order valence-electron chi connectivity index (χ4n) is 3.87. The van der Waals surface area contributed by atoms with E-state index in [0.717, 1.165) is 17.0 Å². The first-order valence-corrected chi connectivity index (χ1v) is 10.2. The van der Waals surface area contributed by atoms with Gasteiger partial charge in [-0.1, -0.05) is 0 Å². The van der Waals surface area contributed by atoms with Crippen LogP contribution < -0.4 is 9.64 Å². The molecule has 0 amide bonds. The first-order chi connectivity index (χ1) is 15.6. The highest BCUT2D eigenvalue weighted by Gasteiger charge is 2.21. The van der Waals surface area contributed by atoms with E-state index in [1.165, 1.54) is 12.1 Å². The van der Waals surface area contributed by atoms with Gasteiger partial charge in [0.25, 0.3) is 0 Å². The molecule has 32 heavy (non-hydrogen) atoms. The predicted octanol–water partition coefficient (Wildman–Crippen LogP) is 4.48. The lowest BCUT2D eigenvalue weighted by Gasteiger charge is -2.29. The van der Waals surface area contributed by atoms with Crippen LogP contribution in [0.25, 0.3) is 33.4 Å². The first kappa shape index (κ1) is 20.3. The Kier molecular flexibility index (Phi) is 5.36. The summed E-state index contributed by atoms with van der Waals surface area (Å²) in [6.07, 6.45) is 3.40.